The molecular weight excluding hydrogens is 461 g/mol. The standard InChI is InChI=1S/C20H12ClF3N3.BF4/c21-16-11-15(20(22,23)24)12-27-19(16)25-17(13-7-3-1-4-8-13)18(26-27)14-9-5-2-6-10-14;2-1(3,4)5/h1-12H;/q+1;-1. The predicted molar refractivity (Wildman–Crippen MR) is 106 cm³/mol. The summed E-state index contributed by atoms with van der Waals surface area (Å²) >= 11 is 6.10. The van der Waals surface area contributed by atoms with E-state index in [-0.39, 0.29) is 10.7 Å². The summed E-state index contributed by atoms with van der Waals surface area (Å²) in [6, 6.07) is 19.4. The number of benzene rings is 2. The van der Waals surface area contributed by atoms with Gasteiger partial charge in [-0.3, -0.25) is 0 Å². The topological polar surface area (TPSA) is 29.9 Å². The van der Waals surface area contributed by atoms with E-state index >= 15 is 0 Å². The van der Waals surface area contributed by atoms with E-state index in [1.165, 1.54) is 0 Å². The zero-order valence-corrected chi connectivity index (χ0v) is 16.6. The van der Waals surface area contributed by atoms with E-state index in [1.54, 1.807) is 0 Å². The molecule has 4 aromatic rings. The number of aromatic nitrogens is 3. The number of halogens is 8. The molecule has 0 saturated carbocycles. The molecule has 2 heterocycles. The lowest BCUT2D eigenvalue weighted by Crippen LogP contribution is -2.31. The molecule has 0 aliphatic heterocycles. The van der Waals surface area contributed by atoms with Crippen molar-refractivity contribution in [1.29, 1.82) is 0 Å². The van der Waals surface area contributed by atoms with Crippen molar-refractivity contribution in [3.63, 3.8) is 0 Å². The number of hydrogen-bond donors (Lipinski definition) is 0. The zero-order chi connectivity index (χ0) is 23.5. The lowest BCUT2D eigenvalue weighted by atomic mass is 10.0. The van der Waals surface area contributed by atoms with Gasteiger partial charge in [0.05, 0.1) is 5.56 Å². The van der Waals surface area contributed by atoms with Crippen molar-refractivity contribution in [2.45, 2.75) is 6.18 Å². The van der Waals surface area contributed by atoms with E-state index in [9.17, 15) is 30.4 Å². The molecule has 0 aliphatic carbocycles. The fourth-order valence-electron chi connectivity index (χ4n) is 2.78. The number of hydrogen-bond acceptors (Lipinski definition) is 2. The third-order valence-electron chi connectivity index (χ3n) is 4.05. The summed E-state index contributed by atoms with van der Waals surface area (Å²) in [6.07, 6.45) is -3.63. The van der Waals surface area contributed by atoms with E-state index in [0.717, 1.165) is 27.9 Å². The summed E-state index contributed by atoms with van der Waals surface area (Å²) in [4.78, 5) is 4.55. The van der Waals surface area contributed by atoms with E-state index in [1.807, 2.05) is 60.7 Å². The van der Waals surface area contributed by atoms with E-state index in [4.69, 9.17) is 11.6 Å². The second-order valence-corrected chi connectivity index (χ2v) is 6.79. The summed E-state index contributed by atoms with van der Waals surface area (Å²) in [5, 5.41) is 4.31. The SMILES string of the molecule is FC(F)(F)c1cc(Cl)c2nc(-c3ccccc3)c(-c3ccccc3)n[n+]2c1.F[B-](F)(F)F. The number of pyridine rings is 1. The molecule has 0 spiro atoms. The summed E-state index contributed by atoms with van der Waals surface area (Å²) in [5.74, 6) is 0. The van der Waals surface area contributed by atoms with Gasteiger partial charge in [-0.1, -0.05) is 81.9 Å². The minimum atomic E-state index is -6.00. The van der Waals surface area contributed by atoms with Gasteiger partial charge in [0.1, 0.15) is 11.2 Å². The van der Waals surface area contributed by atoms with Crippen molar-refractivity contribution in [3.05, 3.63) is 83.5 Å². The van der Waals surface area contributed by atoms with Crippen LogP contribution < -0.4 is 4.52 Å². The van der Waals surface area contributed by atoms with Gasteiger partial charge in [-0.2, -0.15) is 13.2 Å². The van der Waals surface area contributed by atoms with Crippen LogP contribution in [0.25, 0.3) is 28.2 Å². The maximum Gasteiger partial charge on any atom is 0.673 e. The van der Waals surface area contributed by atoms with Gasteiger partial charge in [-0.25, -0.2) is 0 Å². The van der Waals surface area contributed by atoms with Gasteiger partial charge >= 0.3 is 19.1 Å². The molecule has 0 aliphatic rings. The molecule has 2 aromatic heterocycles. The second-order valence-electron chi connectivity index (χ2n) is 6.38. The van der Waals surface area contributed by atoms with Crippen molar-refractivity contribution in [3.8, 4) is 22.5 Å². The molecule has 2 aromatic carbocycles. The highest BCUT2D eigenvalue weighted by Crippen LogP contribution is 2.32. The summed E-state index contributed by atoms with van der Waals surface area (Å²) < 4.78 is 79.5. The lowest BCUT2D eigenvalue weighted by Gasteiger charge is -2.08. The molecule has 0 unspecified atom stereocenters. The van der Waals surface area contributed by atoms with Crippen LogP contribution in [0.5, 0.6) is 0 Å². The first-order chi connectivity index (χ1) is 14.9. The normalized spacial score (nSPS) is 11.8. The fourth-order valence-corrected chi connectivity index (χ4v) is 3.02. The van der Waals surface area contributed by atoms with Crippen LogP contribution in [0.1, 0.15) is 5.56 Å². The molecule has 0 radical (unpaired) electrons. The highest BCUT2D eigenvalue weighted by molar-refractivity contribution is 6.50. The molecule has 166 valence electrons. The maximum absolute atomic E-state index is 13.1. The average molecular weight is 474 g/mol. The van der Waals surface area contributed by atoms with Crippen molar-refractivity contribution in [1.82, 2.24) is 10.1 Å². The van der Waals surface area contributed by atoms with Gasteiger partial charge in [0.2, 0.25) is 5.69 Å². The Kier molecular flexibility index (Phi) is 6.68. The van der Waals surface area contributed by atoms with E-state index < -0.39 is 19.0 Å². The minimum Gasteiger partial charge on any atom is -0.418 e. The first-order valence-electron chi connectivity index (χ1n) is 8.92. The number of alkyl halides is 3. The van der Waals surface area contributed by atoms with E-state index in [0.29, 0.717) is 11.4 Å². The largest absolute Gasteiger partial charge is 0.673 e. The number of nitrogens with zero attached hydrogens (tertiary/aromatic N) is 3. The molecule has 0 bridgehead atoms. The molecule has 0 atom stereocenters. The molecule has 3 nitrogen and oxygen atoms in total. The Labute approximate surface area is 182 Å². The van der Waals surface area contributed by atoms with Crippen LogP contribution in [-0.4, -0.2) is 17.3 Å². The zero-order valence-electron chi connectivity index (χ0n) is 15.9. The molecule has 4 rings (SSSR count). The first-order valence-corrected chi connectivity index (χ1v) is 9.30. The summed E-state index contributed by atoms with van der Waals surface area (Å²) in [6.45, 7) is 0. The predicted octanol–water partition coefficient (Wildman–Crippen LogP) is 6.52. The molecule has 12 heteroatoms. The van der Waals surface area contributed by atoms with Gasteiger partial charge in [-0.15, -0.1) is 0 Å². The average Bonchev–Trinajstić information content (AvgIpc) is 2.72. The van der Waals surface area contributed by atoms with Crippen LogP contribution in [0, 0.1) is 0 Å². The monoisotopic (exact) mass is 473 g/mol. The van der Waals surface area contributed by atoms with Crippen molar-refractivity contribution >= 4 is 24.5 Å². The van der Waals surface area contributed by atoms with Crippen LogP contribution >= 0.6 is 11.6 Å². The Balaban J connectivity index is 0.000000523. The van der Waals surface area contributed by atoms with Crippen molar-refractivity contribution in [2.24, 2.45) is 0 Å². The van der Waals surface area contributed by atoms with E-state index in [2.05, 4.69) is 10.1 Å². The third kappa shape index (κ3) is 5.94. The summed E-state index contributed by atoms with van der Waals surface area (Å²) in [5.41, 5.74) is 1.82. The molecule has 0 fully saturated rings. The highest BCUT2D eigenvalue weighted by Gasteiger charge is 2.34. The van der Waals surface area contributed by atoms with Crippen LogP contribution in [0.15, 0.2) is 72.9 Å². The van der Waals surface area contributed by atoms with Crippen LogP contribution in [0.2, 0.25) is 5.02 Å². The molecule has 32 heavy (non-hydrogen) atoms. The Morgan fingerprint density at radius 3 is 1.72 bits per heavy atom. The van der Waals surface area contributed by atoms with Gasteiger partial charge in [0.15, 0.2) is 5.69 Å². The second kappa shape index (κ2) is 9.11. The van der Waals surface area contributed by atoms with Crippen LogP contribution in [0.3, 0.4) is 0 Å². The quantitative estimate of drug-likeness (QED) is 0.188. The number of rotatable bonds is 2. The fraction of sp³-hybridized carbons (Fsp3) is 0.0500. The highest BCUT2D eigenvalue weighted by atomic mass is 35.5. The Morgan fingerprint density at radius 1 is 0.781 bits per heavy atom. The lowest BCUT2D eigenvalue weighted by molar-refractivity contribution is -0.583. The van der Waals surface area contributed by atoms with Gasteiger partial charge in [0, 0.05) is 11.1 Å². The molecule has 0 N–H and O–H groups in total. The molecule has 0 saturated heterocycles. The van der Waals surface area contributed by atoms with Gasteiger partial charge in [0.25, 0.3) is 0 Å². The Morgan fingerprint density at radius 2 is 1.25 bits per heavy atom. The third-order valence-corrected chi connectivity index (χ3v) is 4.32. The first kappa shape index (κ1) is 23.5. The van der Waals surface area contributed by atoms with Crippen molar-refractivity contribution in [2.75, 3.05) is 0 Å². The maximum atomic E-state index is 13.1. The van der Waals surface area contributed by atoms with Crippen LogP contribution in [-0.2, 0) is 6.18 Å². The van der Waals surface area contributed by atoms with Crippen molar-refractivity contribution < 1.29 is 34.9 Å². The minimum absolute atomic E-state index is 0.117. The molecule has 0 amide bonds. The Bertz CT molecular complexity index is 1210. The Hall–Kier alpha value is -3.21. The molecular formula is C20H12BClF7N3. The smallest absolute Gasteiger partial charge is 0.418 e. The number of fused-ring (bicyclic) bond motifs is 1. The summed E-state index contributed by atoms with van der Waals surface area (Å²) in [7, 11) is -6.00. The van der Waals surface area contributed by atoms with Gasteiger partial charge < -0.3 is 17.3 Å². The van der Waals surface area contributed by atoms with Crippen LogP contribution in [0.4, 0.5) is 30.4 Å². The van der Waals surface area contributed by atoms with Gasteiger partial charge in [-0.05, 0) is 11.1 Å².